The first-order valence-corrected chi connectivity index (χ1v) is 9.28. The molecule has 1 aromatic carbocycles. The molecule has 2 unspecified atom stereocenters. The second-order valence-electron chi connectivity index (χ2n) is 7.30. The molecule has 1 saturated heterocycles. The van der Waals surface area contributed by atoms with E-state index in [1.165, 1.54) is 0 Å². The number of rotatable bonds is 2. The van der Waals surface area contributed by atoms with Gasteiger partial charge in [-0.05, 0) is 26.8 Å². The second kappa shape index (κ2) is 6.78. The van der Waals surface area contributed by atoms with Crippen molar-refractivity contribution in [2.24, 2.45) is 7.05 Å². The van der Waals surface area contributed by atoms with Gasteiger partial charge in [-0.3, -0.25) is 9.48 Å². The van der Waals surface area contributed by atoms with Gasteiger partial charge in [0.15, 0.2) is 5.65 Å². The summed E-state index contributed by atoms with van der Waals surface area (Å²) in [4.78, 5) is 20.1. The molecule has 1 aliphatic heterocycles. The van der Waals surface area contributed by atoms with Crippen molar-refractivity contribution in [2.75, 3.05) is 13.1 Å². The van der Waals surface area contributed by atoms with E-state index in [9.17, 15) is 4.79 Å². The summed E-state index contributed by atoms with van der Waals surface area (Å²) in [6, 6.07) is 11.8. The molecule has 0 radical (unpaired) electrons. The molecule has 0 N–H and O–H groups in total. The van der Waals surface area contributed by atoms with Crippen molar-refractivity contribution >= 4 is 16.9 Å². The Labute approximate surface area is 158 Å². The molecule has 2 aromatic heterocycles. The van der Waals surface area contributed by atoms with Gasteiger partial charge in [0.2, 0.25) is 0 Å². The van der Waals surface area contributed by atoms with Crippen molar-refractivity contribution in [2.45, 2.75) is 33.0 Å². The molecular formula is C21H24N4O2. The average Bonchev–Trinajstić information content (AvgIpc) is 2.94. The second-order valence-corrected chi connectivity index (χ2v) is 7.30. The lowest BCUT2D eigenvalue weighted by molar-refractivity contribution is -0.0585. The van der Waals surface area contributed by atoms with Gasteiger partial charge >= 0.3 is 0 Å². The summed E-state index contributed by atoms with van der Waals surface area (Å²) in [5, 5.41) is 5.33. The lowest BCUT2D eigenvalue weighted by Gasteiger charge is -2.35. The van der Waals surface area contributed by atoms with Gasteiger partial charge in [-0.2, -0.15) is 5.10 Å². The number of aryl methyl sites for hydroxylation is 2. The number of fused-ring (bicyclic) bond motifs is 1. The van der Waals surface area contributed by atoms with Crippen molar-refractivity contribution in [3.05, 3.63) is 47.7 Å². The van der Waals surface area contributed by atoms with Crippen LogP contribution in [0.3, 0.4) is 0 Å². The van der Waals surface area contributed by atoms with Gasteiger partial charge in [0.25, 0.3) is 5.91 Å². The molecule has 27 heavy (non-hydrogen) atoms. The minimum atomic E-state index is 0.0117. The van der Waals surface area contributed by atoms with Crippen LogP contribution in [0.15, 0.2) is 36.4 Å². The van der Waals surface area contributed by atoms with Crippen molar-refractivity contribution in [1.29, 1.82) is 0 Å². The number of pyridine rings is 1. The summed E-state index contributed by atoms with van der Waals surface area (Å²) in [5.74, 6) is 0.0117. The third-order valence-electron chi connectivity index (χ3n) is 4.98. The molecule has 1 amide bonds. The normalized spacial score (nSPS) is 20.2. The monoisotopic (exact) mass is 364 g/mol. The number of hydrogen-bond acceptors (Lipinski definition) is 4. The van der Waals surface area contributed by atoms with Crippen LogP contribution in [-0.4, -0.2) is 50.9 Å². The zero-order valence-electron chi connectivity index (χ0n) is 16.1. The van der Waals surface area contributed by atoms with Crippen molar-refractivity contribution in [3.63, 3.8) is 0 Å². The van der Waals surface area contributed by atoms with Crippen LogP contribution in [0.5, 0.6) is 0 Å². The van der Waals surface area contributed by atoms with Crippen LogP contribution in [-0.2, 0) is 11.8 Å². The van der Waals surface area contributed by atoms with Crippen LogP contribution < -0.4 is 0 Å². The highest BCUT2D eigenvalue weighted by atomic mass is 16.5. The van der Waals surface area contributed by atoms with Crippen LogP contribution in [0.2, 0.25) is 0 Å². The zero-order chi connectivity index (χ0) is 19.1. The maximum atomic E-state index is 13.5. The van der Waals surface area contributed by atoms with E-state index in [1.54, 1.807) is 4.68 Å². The number of aromatic nitrogens is 3. The van der Waals surface area contributed by atoms with E-state index in [2.05, 4.69) is 5.10 Å². The number of hydrogen-bond donors (Lipinski definition) is 0. The molecule has 0 spiro atoms. The Balaban J connectivity index is 1.87. The lowest BCUT2D eigenvalue weighted by atomic mass is 10.0. The molecular weight excluding hydrogens is 340 g/mol. The molecule has 1 aliphatic rings. The molecule has 0 aliphatic carbocycles. The van der Waals surface area contributed by atoms with E-state index in [1.807, 2.05) is 69.1 Å². The fraction of sp³-hybridized carbons (Fsp3) is 0.381. The largest absolute Gasteiger partial charge is 0.372 e. The predicted molar refractivity (Wildman–Crippen MR) is 105 cm³/mol. The topological polar surface area (TPSA) is 60.2 Å². The summed E-state index contributed by atoms with van der Waals surface area (Å²) in [6.45, 7) is 7.11. The SMILES string of the molecule is Cc1nn(C)c2nc(-c3ccccc3)cc(C(=O)N3CC(C)OC(C)C3)c12. The maximum Gasteiger partial charge on any atom is 0.254 e. The van der Waals surface area contributed by atoms with E-state index < -0.39 is 0 Å². The molecule has 4 rings (SSSR count). The number of carbonyl (C=O) groups excluding carboxylic acids is 1. The van der Waals surface area contributed by atoms with Crippen LogP contribution in [0, 0.1) is 6.92 Å². The third-order valence-corrected chi connectivity index (χ3v) is 4.98. The Bertz CT molecular complexity index is 986. The van der Waals surface area contributed by atoms with Gasteiger partial charge < -0.3 is 9.64 Å². The van der Waals surface area contributed by atoms with E-state index in [-0.39, 0.29) is 18.1 Å². The number of carbonyl (C=O) groups is 1. The molecule has 6 nitrogen and oxygen atoms in total. The first kappa shape index (κ1) is 17.7. The number of amides is 1. The van der Waals surface area contributed by atoms with Crippen molar-refractivity contribution in [3.8, 4) is 11.3 Å². The Morgan fingerprint density at radius 2 is 1.81 bits per heavy atom. The number of nitrogens with zero attached hydrogens (tertiary/aromatic N) is 4. The molecule has 140 valence electrons. The number of benzene rings is 1. The van der Waals surface area contributed by atoms with Gasteiger partial charge in [0, 0.05) is 25.7 Å². The van der Waals surface area contributed by atoms with Crippen LogP contribution in [0.25, 0.3) is 22.3 Å². The van der Waals surface area contributed by atoms with E-state index in [4.69, 9.17) is 9.72 Å². The van der Waals surface area contributed by atoms with E-state index in [0.29, 0.717) is 18.7 Å². The molecule has 0 bridgehead atoms. The number of morpholine rings is 1. The first-order valence-electron chi connectivity index (χ1n) is 9.28. The molecule has 6 heteroatoms. The van der Waals surface area contributed by atoms with Gasteiger partial charge in [0.1, 0.15) is 0 Å². The highest BCUT2D eigenvalue weighted by Gasteiger charge is 2.29. The molecule has 2 atom stereocenters. The summed E-state index contributed by atoms with van der Waals surface area (Å²) in [7, 11) is 1.87. The Morgan fingerprint density at radius 1 is 1.15 bits per heavy atom. The van der Waals surface area contributed by atoms with E-state index >= 15 is 0 Å². The highest BCUT2D eigenvalue weighted by molar-refractivity contribution is 6.07. The maximum absolute atomic E-state index is 13.5. The summed E-state index contributed by atoms with van der Waals surface area (Å²) < 4.78 is 7.54. The fourth-order valence-corrected chi connectivity index (χ4v) is 3.88. The molecule has 0 saturated carbocycles. The minimum absolute atomic E-state index is 0.0117. The minimum Gasteiger partial charge on any atom is -0.372 e. The van der Waals surface area contributed by atoms with Crippen LogP contribution in [0.4, 0.5) is 0 Å². The summed E-state index contributed by atoms with van der Waals surface area (Å²) in [6.07, 6.45) is 0.0530. The molecule has 3 aromatic rings. The van der Waals surface area contributed by atoms with Gasteiger partial charge in [0.05, 0.1) is 34.5 Å². The summed E-state index contributed by atoms with van der Waals surface area (Å²) in [5.41, 5.74) is 3.97. The van der Waals surface area contributed by atoms with Gasteiger partial charge in [-0.25, -0.2) is 4.98 Å². The summed E-state index contributed by atoms with van der Waals surface area (Å²) >= 11 is 0. The number of ether oxygens (including phenoxy) is 1. The fourth-order valence-electron chi connectivity index (χ4n) is 3.88. The van der Waals surface area contributed by atoms with Gasteiger partial charge in [-0.1, -0.05) is 30.3 Å². The average molecular weight is 364 g/mol. The Morgan fingerprint density at radius 3 is 2.48 bits per heavy atom. The lowest BCUT2D eigenvalue weighted by Crippen LogP contribution is -2.48. The van der Waals surface area contributed by atoms with Crippen LogP contribution >= 0.6 is 0 Å². The molecule has 3 heterocycles. The van der Waals surface area contributed by atoms with Crippen molar-refractivity contribution in [1.82, 2.24) is 19.7 Å². The van der Waals surface area contributed by atoms with Crippen molar-refractivity contribution < 1.29 is 9.53 Å². The predicted octanol–water partition coefficient (Wildman–Crippen LogP) is 3.19. The first-order chi connectivity index (χ1) is 12.9. The highest BCUT2D eigenvalue weighted by Crippen LogP contribution is 2.28. The third kappa shape index (κ3) is 3.21. The smallest absolute Gasteiger partial charge is 0.254 e. The quantitative estimate of drug-likeness (QED) is 0.701. The van der Waals surface area contributed by atoms with Crippen LogP contribution in [0.1, 0.15) is 29.9 Å². The van der Waals surface area contributed by atoms with E-state index in [0.717, 1.165) is 28.0 Å². The Hall–Kier alpha value is -2.73. The molecule has 1 fully saturated rings. The standard InChI is InChI=1S/C21H24N4O2/c1-13-11-25(12-14(2)27-13)21(26)17-10-18(16-8-6-5-7-9-16)22-20-19(17)15(3)23-24(20)4/h5-10,13-14H,11-12H2,1-4H3. The zero-order valence-corrected chi connectivity index (χ0v) is 16.1. The van der Waals surface area contributed by atoms with Gasteiger partial charge in [-0.15, -0.1) is 0 Å². The Kier molecular flexibility index (Phi) is 4.44.